The zero-order chi connectivity index (χ0) is 10.1. The van der Waals surface area contributed by atoms with E-state index in [1.165, 1.54) is 14.0 Å². The number of hydrogen-bond donors (Lipinski definition) is 0. The maximum absolute atomic E-state index is 10.0. The van der Waals surface area contributed by atoms with Gasteiger partial charge in [0.2, 0.25) is 0 Å². The average Bonchev–Trinajstić information content (AvgIpc) is 2.20. The summed E-state index contributed by atoms with van der Waals surface area (Å²) in [5.41, 5.74) is 0.729. The van der Waals surface area contributed by atoms with Crippen molar-refractivity contribution in [2.24, 2.45) is 0 Å². The normalized spacial score (nSPS) is 7.85. The van der Waals surface area contributed by atoms with E-state index < -0.39 is 0 Å². The zero-order valence-corrected chi connectivity index (χ0v) is 7.69. The van der Waals surface area contributed by atoms with Crippen LogP contribution in [0.25, 0.3) is 0 Å². The molecule has 1 rings (SSSR count). The van der Waals surface area contributed by atoms with Gasteiger partial charge in [-0.3, -0.25) is 9.59 Å². The van der Waals surface area contributed by atoms with Gasteiger partial charge in [0.15, 0.2) is 0 Å². The Kier molecular flexibility index (Phi) is 6.15. The number of esters is 1. The minimum atomic E-state index is -0.245. The maximum atomic E-state index is 10.0. The Labute approximate surface area is 77.3 Å². The molecule has 0 radical (unpaired) electrons. The molecule has 0 aliphatic carbocycles. The van der Waals surface area contributed by atoms with E-state index in [0.717, 1.165) is 11.8 Å². The highest BCUT2D eigenvalue weighted by atomic mass is 16.5. The van der Waals surface area contributed by atoms with E-state index in [4.69, 9.17) is 0 Å². The number of hydrogen-bond acceptors (Lipinski definition) is 3. The molecule has 0 heterocycles. The highest BCUT2D eigenvalue weighted by Gasteiger charge is 1.80. The zero-order valence-electron chi connectivity index (χ0n) is 7.69. The molecule has 13 heavy (non-hydrogen) atoms. The van der Waals surface area contributed by atoms with Gasteiger partial charge in [-0.1, -0.05) is 30.3 Å². The molecular formula is C10H12O3. The minimum absolute atomic E-state index is 0.245. The Morgan fingerprint density at radius 3 is 2.00 bits per heavy atom. The number of ether oxygens (including phenoxy) is 1. The lowest BCUT2D eigenvalue weighted by Crippen LogP contribution is -1.88. The van der Waals surface area contributed by atoms with Gasteiger partial charge in [0.1, 0.15) is 6.29 Å². The fraction of sp³-hybridized carbons (Fsp3) is 0.200. The summed E-state index contributed by atoms with van der Waals surface area (Å²) in [5.74, 6) is -0.245. The molecule has 0 amide bonds. The molecule has 1 aromatic carbocycles. The van der Waals surface area contributed by atoms with Gasteiger partial charge in [0, 0.05) is 12.5 Å². The number of rotatable bonds is 1. The van der Waals surface area contributed by atoms with E-state index in [1.807, 2.05) is 18.2 Å². The van der Waals surface area contributed by atoms with Gasteiger partial charge >= 0.3 is 5.97 Å². The average molecular weight is 180 g/mol. The molecule has 0 unspecified atom stereocenters. The molecule has 0 spiro atoms. The summed E-state index contributed by atoms with van der Waals surface area (Å²) >= 11 is 0. The summed E-state index contributed by atoms with van der Waals surface area (Å²) in [7, 11) is 1.35. The van der Waals surface area contributed by atoms with Crippen LogP contribution in [0.4, 0.5) is 0 Å². The predicted octanol–water partition coefficient (Wildman–Crippen LogP) is 1.68. The Hall–Kier alpha value is -1.64. The van der Waals surface area contributed by atoms with Crippen molar-refractivity contribution in [1.29, 1.82) is 0 Å². The van der Waals surface area contributed by atoms with Crippen LogP contribution in [-0.4, -0.2) is 19.4 Å². The van der Waals surface area contributed by atoms with Crippen molar-refractivity contribution in [3.8, 4) is 0 Å². The third-order valence-electron chi connectivity index (χ3n) is 1.22. The van der Waals surface area contributed by atoms with Gasteiger partial charge in [0.05, 0.1) is 7.11 Å². The molecule has 0 aliphatic heterocycles. The molecule has 0 fully saturated rings. The summed E-state index contributed by atoms with van der Waals surface area (Å²) in [5, 5.41) is 0. The van der Waals surface area contributed by atoms with Crippen molar-refractivity contribution in [1.82, 2.24) is 0 Å². The van der Waals surface area contributed by atoms with Crippen molar-refractivity contribution in [2.75, 3.05) is 7.11 Å². The lowest BCUT2D eigenvalue weighted by Gasteiger charge is -1.81. The van der Waals surface area contributed by atoms with E-state index in [1.54, 1.807) is 12.1 Å². The number of methoxy groups -OCH3 is 1. The highest BCUT2D eigenvalue weighted by Crippen LogP contribution is 1.91. The number of carbonyl (C=O) groups is 2. The van der Waals surface area contributed by atoms with Crippen molar-refractivity contribution >= 4 is 12.3 Å². The molecule has 0 N–H and O–H groups in total. The van der Waals surface area contributed by atoms with Crippen LogP contribution in [0.3, 0.4) is 0 Å². The molecule has 0 saturated heterocycles. The molecule has 3 nitrogen and oxygen atoms in total. The first-order valence-corrected chi connectivity index (χ1v) is 3.75. The van der Waals surface area contributed by atoms with Crippen LogP contribution < -0.4 is 0 Å². The second kappa shape index (κ2) is 7.03. The van der Waals surface area contributed by atoms with Gasteiger partial charge in [-0.15, -0.1) is 0 Å². The van der Waals surface area contributed by atoms with Gasteiger partial charge in [-0.25, -0.2) is 0 Å². The van der Waals surface area contributed by atoms with Crippen molar-refractivity contribution in [2.45, 2.75) is 6.92 Å². The minimum Gasteiger partial charge on any atom is -0.469 e. The largest absolute Gasteiger partial charge is 0.469 e. The second-order valence-corrected chi connectivity index (χ2v) is 2.22. The van der Waals surface area contributed by atoms with E-state index in [2.05, 4.69) is 4.74 Å². The molecule has 1 aromatic rings. The van der Waals surface area contributed by atoms with Crippen molar-refractivity contribution < 1.29 is 14.3 Å². The maximum Gasteiger partial charge on any atom is 0.302 e. The van der Waals surface area contributed by atoms with Gasteiger partial charge in [-0.2, -0.15) is 0 Å². The second-order valence-electron chi connectivity index (χ2n) is 2.22. The first kappa shape index (κ1) is 11.4. The summed E-state index contributed by atoms with van der Waals surface area (Å²) < 4.78 is 4.11. The predicted molar refractivity (Wildman–Crippen MR) is 49.5 cm³/mol. The van der Waals surface area contributed by atoms with E-state index >= 15 is 0 Å². The molecule has 70 valence electrons. The lowest BCUT2D eigenvalue weighted by atomic mass is 10.2. The fourth-order valence-electron chi connectivity index (χ4n) is 0.532. The van der Waals surface area contributed by atoms with Crippen LogP contribution in [0.5, 0.6) is 0 Å². The number of aldehydes is 1. The van der Waals surface area contributed by atoms with Crippen LogP contribution in [0.1, 0.15) is 17.3 Å². The monoisotopic (exact) mass is 180 g/mol. The number of benzene rings is 1. The van der Waals surface area contributed by atoms with Crippen LogP contribution >= 0.6 is 0 Å². The Balaban J connectivity index is 0.000000252. The molecule has 3 heteroatoms. The summed E-state index contributed by atoms with van der Waals surface area (Å²) in [6.45, 7) is 1.36. The topological polar surface area (TPSA) is 43.4 Å². The smallest absolute Gasteiger partial charge is 0.302 e. The third-order valence-corrected chi connectivity index (χ3v) is 1.22. The molecule has 0 bridgehead atoms. The van der Waals surface area contributed by atoms with E-state index in [-0.39, 0.29) is 5.97 Å². The number of carbonyl (C=O) groups excluding carboxylic acids is 2. The molecular weight excluding hydrogens is 168 g/mol. The fourth-order valence-corrected chi connectivity index (χ4v) is 0.532. The molecule has 0 aromatic heterocycles. The highest BCUT2D eigenvalue weighted by molar-refractivity contribution is 5.74. The Morgan fingerprint density at radius 1 is 1.31 bits per heavy atom. The van der Waals surface area contributed by atoms with Crippen molar-refractivity contribution in [3.63, 3.8) is 0 Å². The Bertz CT molecular complexity index is 254. The molecule has 0 atom stereocenters. The first-order valence-electron chi connectivity index (χ1n) is 3.75. The van der Waals surface area contributed by atoms with E-state index in [9.17, 15) is 9.59 Å². The third kappa shape index (κ3) is 6.75. The molecule has 0 saturated carbocycles. The van der Waals surface area contributed by atoms with Crippen molar-refractivity contribution in [3.05, 3.63) is 35.9 Å². The van der Waals surface area contributed by atoms with Gasteiger partial charge in [0.25, 0.3) is 0 Å². The van der Waals surface area contributed by atoms with Crippen LogP contribution in [0, 0.1) is 0 Å². The summed E-state index contributed by atoms with van der Waals surface area (Å²) in [6.07, 6.45) is 0.833. The lowest BCUT2D eigenvalue weighted by molar-refractivity contribution is -0.137. The van der Waals surface area contributed by atoms with Crippen LogP contribution in [-0.2, 0) is 9.53 Å². The standard InChI is InChI=1S/C7H6O.C3H6O2/c8-6-7-4-2-1-3-5-7;1-3(4)5-2/h1-6H;1-2H3. The SMILES string of the molecule is COC(C)=O.O=Cc1ccccc1. The van der Waals surface area contributed by atoms with Crippen LogP contribution in [0.2, 0.25) is 0 Å². The quantitative estimate of drug-likeness (QED) is 0.487. The van der Waals surface area contributed by atoms with Crippen LogP contribution in [0.15, 0.2) is 30.3 Å². The molecule has 0 aliphatic rings. The first-order chi connectivity index (χ1) is 6.20. The summed E-state index contributed by atoms with van der Waals surface area (Å²) in [6, 6.07) is 9.10. The van der Waals surface area contributed by atoms with E-state index in [0.29, 0.717) is 0 Å². The summed E-state index contributed by atoms with van der Waals surface area (Å²) in [4.78, 5) is 19.6. The van der Waals surface area contributed by atoms with Gasteiger partial charge in [-0.05, 0) is 0 Å². The van der Waals surface area contributed by atoms with Gasteiger partial charge < -0.3 is 4.74 Å². The Morgan fingerprint density at radius 2 is 1.77 bits per heavy atom.